The van der Waals surface area contributed by atoms with Gasteiger partial charge in [-0.3, -0.25) is 4.90 Å². The van der Waals surface area contributed by atoms with E-state index in [1.54, 1.807) is 18.2 Å². The number of hydrogen-bond donors (Lipinski definition) is 0. The molecular weight excluding hydrogens is 376 g/mol. The first-order valence-electron chi connectivity index (χ1n) is 8.38. The molecule has 0 radical (unpaired) electrons. The summed E-state index contributed by atoms with van der Waals surface area (Å²) in [4.78, 5) is 6.43. The van der Waals surface area contributed by atoms with Crippen molar-refractivity contribution in [1.29, 1.82) is 0 Å². The van der Waals surface area contributed by atoms with Crippen LogP contribution in [0, 0.1) is 0 Å². The minimum absolute atomic E-state index is 0.00567. The number of aromatic nitrogens is 2. The molecule has 0 amide bonds. The van der Waals surface area contributed by atoms with Gasteiger partial charge in [-0.1, -0.05) is 47.9 Å². The summed E-state index contributed by atoms with van der Waals surface area (Å²) in [5.41, 5.74) is 1.42. The molecule has 1 aromatic heterocycles. The Hall–Kier alpha value is -2.51. The molecule has 0 bridgehead atoms. The van der Waals surface area contributed by atoms with Gasteiger partial charge in [-0.25, -0.2) is 0 Å². The summed E-state index contributed by atoms with van der Waals surface area (Å²) < 4.78 is 35.0. The van der Waals surface area contributed by atoms with Gasteiger partial charge in [-0.15, -0.1) is 0 Å². The monoisotopic (exact) mass is 393 g/mol. The molecular formula is C19H18ClF2N3O2. The van der Waals surface area contributed by atoms with Crippen LogP contribution in [0.5, 0.6) is 5.75 Å². The van der Waals surface area contributed by atoms with Crippen LogP contribution in [0.25, 0.3) is 11.4 Å². The predicted octanol–water partition coefficient (Wildman–Crippen LogP) is 5.01. The molecule has 8 heteroatoms. The molecule has 0 aliphatic heterocycles. The summed E-state index contributed by atoms with van der Waals surface area (Å²) in [6.45, 7) is 0.946. The summed E-state index contributed by atoms with van der Waals surface area (Å²) >= 11 is 6.03. The van der Waals surface area contributed by atoms with E-state index in [2.05, 4.69) is 19.8 Å². The third-order valence-corrected chi connectivity index (χ3v) is 4.15. The number of benzene rings is 2. The van der Waals surface area contributed by atoms with Gasteiger partial charge in [-0.05, 0) is 36.4 Å². The Kier molecular flexibility index (Phi) is 6.36. The minimum atomic E-state index is -2.93. The number of ether oxygens (including phenoxy) is 1. The van der Waals surface area contributed by atoms with Crippen molar-refractivity contribution in [3.8, 4) is 17.1 Å². The Morgan fingerprint density at radius 1 is 1.15 bits per heavy atom. The summed E-state index contributed by atoms with van der Waals surface area (Å²) in [6, 6.07) is 14.0. The third-order valence-electron chi connectivity index (χ3n) is 3.91. The Bertz CT molecular complexity index is 889. The molecule has 0 aliphatic carbocycles. The first-order chi connectivity index (χ1) is 13.0. The molecule has 0 aliphatic rings. The fourth-order valence-electron chi connectivity index (χ4n) is 2.64. The lowest BCUT2D eigenvalue weighted by Gasteiger charge is -2.18. The molecule has 142 valence electrons. The highest BCUT2D eigenvalue weighted by Crippen LogP contribution is 2.29. The van der Waals surface area contributed by atoms with Gasteiger partial charge in [0.2, 0.25) is 11.7 Å². The Morgan fingerprint density at radius 3 is 2.70 bits per heavy atom. The van der Waals surface area contributed by atoms with Crippen molar-refractivity contribution in [2.24, 2.45) is 0 Å². The maximum Gasteiger partial charge on any atom is 0.387 e. The highest BCUT2D eigenvalue weighted by Gasteiger charge is 2.17. The number of hydrogen-bond acceptors (Lipinski definition) is 5. The smallest absolute Gasteiger partial charge is 0.387 e. The van der Waals surface area contributed by atoms with Gasteiger partial charge in [-0.2, -0.15) is 13.8 Å². The van der Waals surface area contributed by atoms with E-state index in [1.165, 1.54) is 6.07 Å². The first-order valence-corrected chi connectivity index (χ1v) is 8.76. The van der Waals surface area contributed by atoms with E-state index in [-0.39, 0.29) is 11.6 Å². The lowest BCUT2D eigenvalue weighted by atomic mass is 10.2. The van der Waals surface area contributed by atoms with Crippen molar-refractivity contribution in [1.82, 2.24) is 15.0 Å². The van der Waals surface area contributed by atoms with E-state index in [0.29, 0.717) is 29.6 Å². The van der Waals surface area contributed by atoms with Crippen LogP contribution in [-0.4, -0.2) is 28.2 Å². The van der Waals surface area contributed by atoms with E-state index in [4.69, 9.17) is 16.1 Å². The van der Waals surface area contributed by atoms with Crippen LogP contribution in [0.2, 0.25) is 5.02 Å². The molecule has 0 N–H and O–H groups in total. The molecule has 0 saturated heterocycles. The number of para-hydroxylation sites is 1. The highest BCUT2D eigenvalue weighted by atomic mass is 35.5. The normalized spacial score (nSPS) is 11.3. The van der Waals surface area contributed by atoms with Crippen molar-refractivity contribution in [2.45, 2.75) is 26.6 Å². The van der Waals surface area contributed by atoms with Crippen LogP contribution >= 0.6 is 11.6 Å². The summed E-state index contributed by atoms with van der Waals surface area (Å²) in [5, 5.41) is 4.58. The van der Waals surface area contributed by atoms with Crippen LogP contribution in [0.4, 0.5) is 8.78 Å². The second kappa shape index (κ2) is 8.92. The second-order valence-electron chi connectivity index (χ2n) is 5.82. The topological polar surface area (TPSA) is 51.4 Å². The molecule has 0 unspecified atom stereocenters. The molecule has 3 rings (SSSR count). The zero-order valence-electron chi connectivity index (χ0n) is 14.6. The standard InChI is InChI=1S/C19H18ClF2N3O2/c1-2-25(11-13-6-5-7-14(20)10-13)12-17-23-18(24-27-17)15-8-3-4-9-16(15)26-19(21)22/h3-10,19H,2,11-12H2,1H3. The van der Waals surface area contributed by atoms with Crippen molar-refractivity contribution < 1.29 is 18.0 Å². The molecule has 0 saturated carbocycles. The van der Waals surface area contributed by atoms with Gasteiger partial charge in [0.1, 0.15) is 5.75 Å². The average Bonchev–Trinajstić information content (AvgIpc) is 3.09. The average molecular weight is 394 g/mol. The number of nitrogens with zero attached hydrogens (tertiary/aromatic N) is 3. The first kappa shape index (κ1) is 19.3. The predicted molar refractivity (Wildman–Crippen MR) is 97.6 cm³/mol. The van der Waals surface area contributed by atoms with Gasteiger partial charge in [0.05, 0.1) is 12.1 Å². The van der Waals surface area contributed by atoms with E-state index in [9.17, 15) is 8.78 Å². The zero-order chi connectivity index (χ0) is 19.2. The SMILES string of the molecule is CCN(Cc1cccc(Cl)c1)Cc1nc(-c2ccccc2OC(F)F)no1. The van der Waals surface area contributed by atoms with Gasteiger partial charge in [0.15, 0.2) is 0 Å². The lowest BCUT2D eigenvalue weighted by molar-refractivity contribution is -0.0494. The molecule has 27 heavy (non-hydrogen) atoms. The Morgan fingerprint density at radius 2 is 1.96 bits per heavy atom. The highest BCUT2D eigenvalue weighted by molar-refractivity contribution is 6.30. The molecule has 0 fully saturated rings. The van der Waals surface area contributed by atoms with Crippen molar-refractivity contribution in [3.05, 3.63) is 65.0 Å². The molecule has 5 nitrogen and oxygen atoms in total. The maximum absolute atomic E-state index is 12.6. The molecule has 1 heterocycles. The van der Waals surface area contributed by atoms with Crippen molar-refractivity contribution >= 4 is 11.6 Å². The van der Waals surface area contributed by atoms with E-state index in [0.717, 1.165) is 12.1 Å². The minimum Gasteiger partial charge on any atom is -0.434 e. The van der Waals surface area contributed by atoms with Crippen LogP contribution in [0.1, 0.15) is 18.4 Å². The number of alkyl halides is 2. The molecule has 3 aromatic rings. The largest absolute Gasteiger partial charge is 0.434 e. The van der Waals surface area contributed by atoms with Crippen molar-refractivity contribution in [2.75, 3.05) is 6.54 Å². The summed E-state index contributed by atoms with van der Waals surface area (Å²) in [5.74, 6) is 0.604. The van der Waals surface area contributed by atoms with Crippen LogP contribution < -0.4 is 4.74 Å². The van der Waals surface area contributed by atoms with Crippen LogP contribution in [0.3, 0.4) is 0 Å². The second-order valence-corrected chi connectivity index (χ2v) is 6.26. The fraction of sp³-hybridized carbons (Fsp3) is 0.263. The molecule has 0 atom stereocenters. The fourth-order valence-corrected chi connectivity index (χ4v) is 2.86. The van der Waals surface area contributed by atoms with Gasteiger partial charge in [0, 0.05) is 11.6 Å². The van der Waals surface area contributed by atoms with Crippen LogP contribution in [0.15, 0.2) is 53.1 Å². The van der Waals surface area contributed by atoms with Gasteiger partial charge in [0.25, 0.3) is 0 Å². The van der Waals surface area contributed by atoms with Crippen LogP contribution in [-0.2, 0) is 13.1 Å². The third kappa shape index (κ3) is 5.24. The van der Waals surface area contributed by atoms with E-state index >= 15 is 0 Å². The maximum atomic E-state index is 12.6. The van der Waals surface area contributed by atoms with E-state index in [1.807, 2.05) is 31.2 Å². The molecule has 2 aromatic carbocycles. The molecule has 0 spiro atoms. The summed E-state index contributed by atoms with van der Waals surface area (Å²) in [7, 11) is 0. The Balaban J connectivity index is 1.73. The van der Waals surface area contributed by atoms with Crippen molar-refractivity contribution in [3.63, 3.8) is 0 Å². The Labute approximate surface area is 160 Å². The van der Waals surface area contributed by atoms with Gasteiger partial charge < -0.3 is 9.26 Å². The number of halogens is 3. The van der Waals surface area contributed by atoms with Gasteiger partial charge >= 0.3 is 6.61 Å². The zero-order valence-corrected chi connectivity index (χ0v) is 15.4. The lowest BCUT2D eigenvalue weighted by Crippen LogP contribution is -2.22. The number of rotatable bonds is 8. The summed E-state index contributed by atoms with van der Waals surface area (Å²) in [6.07, 6.45) is 0. The quantitative estimate of drug-likeness (QED) is 0.538. The van der Waals surface area contributed by atoms with E-state index < -0.39 is 6.61 Å².